The van der Waals surface area contributed by atoms with Crippen LogP contribution in [0.2, 0.25) is 0 Å². The number of aliphatic hydroxyl groups excluding tert-OH is 1. The molecule has 0 spiro atoms. The van der Waals surface area contributed by atoms with Crippen molar-refractivity contribution >= 4 is 11.7 Å². The molecule has 18 heavy (non-hydrogen) atoms. The van der Waals surface area contributed by atoms with Gasteiger partial charge in [0.1, 0.15) is 0 Å². The number of carbonyl (C=O) groups excluding carboxylic acids is 2. The van der Waals surface area contributed by atoms with Crippen molar-refractivity contribution in [3.63, 3.8) is 0 Å². The molecule has 0 aliphatic heterocycles. The fourth-order valence-corrected chi connectivity index (χ4v) is 1.79. The van der Waals surface area contributed by atoms with Gasteiger partial charge in [-0.25, -0.2) is 0 Å². The number of nitrogens with one attached hydrogen (secondary N) is 1. The summed E-state index contributed by atoms with van der Waals surface area (Å²) in [5.74, 6) is -0.177. The number of Topliss-reactive ketones (excluding diaryl/α,β-unsaturated/α-hetero) is 1. The molecule has 0 bridgehead atoms. The summed E-state index contributed by atoms with van der Waals surface area (Å²) in [6.45, 7) is 2.13. The Hall–Kier alpha value is -1.68. The number of benzene rings is 1. The third-order valence-electron chi connectivity index (χ3n) is 3.47. The van der Waals surface area contributed by atoms with Gasteiger partial charge >= 0.3 is 0 Å². The van der Waals surface area contributed by atoms with Crippen LogP contribution in [0.25, 0.3) is 0 Å². The Labute approximate surface area is 106 Å². The highest BCUT2D eigenvalue weighted by Crippen LogP contribution is 2.44. The van der Waals surface area contributed by atoms with Gasteiger partial charge in [0.25, 0.3) is 5.91 Å². The maximum atomic E-state index is 11.8. The molecule has 0 heterocycles. The Morgan fingerprint density at radius 3 is 2.22 bits per heavy atom. The third-order valence-corrected chi connectivity index (χ3v) is 3.47. The molecule has 1 aliphatic carbocycles. The Bertz CT molecular complexity index is 460. The van der Waals surface area contributed by atoms with Crippen LogP contribution in [0.1, 0.15) is 40.5 Å². The lowest BCUT2D eigenvalue weighted by molar-refractivity contribution is 0.0933. The van der Waals surface area contributed by atoms with Crippen LogP contribution in [-0.4, -0.2) is 29.9 Å². The molecule has 1 aromatic rings. The second kappa shape index (κ2) is 4.90. The number of rotatable bonds is 5. The number of ketones is 1. The van der Waals surface area contributed by atoms with Crippen molar-refractivity contribution in [2.75, 3.05) is 13.2 Å². The summed E-state index contributed by atoms with van der Waals surface area (Å²) in [6.07, 6.45) is 1.93. The Kier molecular flexibility index (Phi) is 3.48. The van der Waals surface area contributed by atoms with Gasteiger partial charge < -0.3 is 10.4 Å². The number of hydrogen-bond acceptors (Lipinski definition) is 3. The van der Waals surface area contributed by atoms with Crippen LogP contribution in [0.3, 0.4) is 0 Å². The van der Waals surface area contributed by atoms with Crippen LogP contribution in [0, 0.1) is 5.41 Å². The highest BCUT2D eigenvalue weighted by Gasteiger charge is 2.42. The van der Waals surface area contributed by atoms with E-state index in [9.17, 15) is 9.59 Å². The molecule has 4 nitrogen and oxygen atoms in total. The van der Waals surface area contributed by atoms with Crippen molar-refractivity contribution in [1.82, 2.24) is 5.32 Å². The lowest BCUT2D eigenvalue weighted by atomic mass is 10.1. The van der Waals surface area contributed by atoms with Crippen LogP contribution in [0.5, 0.6) is 0 Å². The molecule has 2 N–H and O–H groups in total. The molecule has 2 rings (SSSR count). The van der Waals surface area contributed by atoms with E-state index in [0.29, 0.717) is 17.7 Å². The largest absolute Gasteiger partial charge is 0.396 e. The van der Waals surface area contributed by atoms with E-state index in [4.69, 9.17) is 5.11 Å². The SMILES string of the molecule is CC(=O)c1ccc(C(=O)NCC2(CO)CC2)cc1. The molecule has 1 fully saturated rings. The average molecular weight is 247 g/mol. The number of aliphatic hydroxyl groups is 1. The van der Waals surface area contributed by atoms with Gasteiger partial charge in [0.05, 0.1) is 6.61 Å². The molecule has 0 unspecified atom stereocenters. The van der Waals surface area contributed by atoms with Crippen LogP contribution >= 0.6 is 0 Å². The van der Waals surface area contributed by atoms with Gasteiger partial charge in [-0.2, -0.15) is 0 Å². The van der Waals surface area contributed by atoms with Gasteiger partial charge in [-0.3, -0.25) is 9.59 Å². The van der Waals surface area contributed by atoms with Crippen LogP contribution in [-0.2, 0) is 0 Å². The number of amides is 1. The third kappa shape index (κ3) is 2.76. The quantitative estimate of drug-likeness (QED) is 0.773. The molecule has 0 atom stereocenters. The minimum atomic E-state index is -0.162. The zero-order valence-electron chi connectivity index (χ0n) is 10.4. The topological polar surface area (TPSA) is 66.4 Å². The second-order valence-electron chi connectivity index (χ2n) is 4.97. The monoisotopic (exact) mass is 247 g/mol. The summed E-state index contributed by atoms with van der Waals surface area (Å²) in [4.78, 5) is 22.9. The summed E-state index contributed by atoms with van der Waals surface area (Å²) in [5.41, 5.74) is 1.05. The molecule has 1 aromatic carbocycles. The molecule has 1 aliphatic rings. The van der Waals surface area contributed by atoms with E-state index >= 15 is 0 Å². The Balaban J connectivity index is 1.94. The fraction of sp³-hybridized carbons (Fsp3) is 0.429. The van der Waals surface area contributed by atoms with Gasteiger partial charge in [0.2, 0.25) is 0 Å². The molecule has 0 aromatic heterocycles. The van der Waals surface area contributed by atoms with Gasteiger partial charge in [-0.05, 0) is 31.9 Å². The maximum absolute atomic E-state index is 11.8. The predicted molar refractivity (Wildman–Crippen MR) is 67.5 cm³/mol. The first kappa shape index (κ1) is 12.8. The first-order valence-corrected chi connectivity index (χ1v) is 6.06. The summed E-state index contributed by atoms with van der Waals surface area (Å²) < 4.78 is 0. The van der Waals surface area contributed by atoms with Crippen molar-refractivity contribution in [2.24, 2.45) is 5.41 Å². The lowest BCUT2D eigenvalue weighted by Crippen LogP contribution is -2.31. The second-order valence-corrected chi connectivity index (χ2v) is 4.97. The van der Waals surface area contributed by atoms with Crippen LogP contribution < -0.4 is 5.32 Å². The minimum absolute atomic E-state index is 0.0147. The molecule has 1 saturated carbocycles. The van der Waals surface area contributed by atoms with E-state index < -0.39 is 0 Å². The standard InChI is InChI=1S/C14H17NO3/c1-10(17)11-2-4-12(5-3-11)13(18)15-8-14(9-16)6-7-14/h2-5,16H,6-9H2,1H3,(H,15,18). The van der Waals surface area contributed by atoms with E-state index in [0.717, 1.165) is 12.8 Å². The molecule has 4 heteroatoms. The molecular formula is C14H17NO3. The fourth-order valence-electron chi connectivity index (χ4n) is 1.79. The van der Waals surface area contributed by atoms with E-state index in [-0.39, 0.29) is 23.7 Å². The highest BCUT2D eigenvalue weighted by atomic mass is 16.3. The molecule has 1 amide bonds. The van der Waals surface area contributed by atoms with Gasteiger partial charge in [-0.15, -0.1) is 0 Å². The predicted octanol–water partition coefficient (Wildman–Crippen LogP) is 1.39. The first-order chi connectivity index (χ1) is 8.56. The van der Waals surface area contributed by atoms with Crippen molar-refractivity contribution in [3.05, 3.63) is 35.4 Å². The minimum Gasteiger partial charge on any atom is -0.396 e. The summed E-state index contributed by atoms with van der Waals surface area (Å²) >= 11 is 0. The number of hydrogen-bond donors (Lipinski definition) is 2. The molecule has 96 valence electrons. The maximum Gasteiger partial charge on any atom is 0.251 e. The normalized spacial score (nSPS) is 16.1. The average Bonchev–Trinajstić information content (AvgIpc) is 3.17. The Morgan fingerprint density at radius 1 is 1.22 bits per heavy atom. The summed E-state index contributed by atoms with van der Waals surface area (Å²) in [6, 6.07) is 6.58. The highest BCUT2D eigenvalue weighted by molar-refractivity contribution is 5.97. The zero-order chi connectivity index (χ0) is 13.2. The van der Waals surface area contributed by atoms with Crippen molar-refractivity contribution in [3.8, 4) is 0 Å². The molecule has 0 saturated heterocycles. The van der Waals surface area contributed by atoms with Crippen LogP contribution in [0.15, 0.2) is 24.3 Å². The molecular weight excluding hydrogens is 230 g/mol. The zero-order valence-corrected chi connectivity index (χ0v) is 10.4. The van der Waals surface area contributed by atoms with Gasteiger partial charge in [-0.1, -0.05) is 12.1 Å². The Morgan fingerprint density at radius 2 is 1.78 bits per heavy atom. The van der Waals surface area contributed by atoms with E-state index in [1.807, 2.05) is 0 Å². The van der Waals surface area contributed by atoms with E-state index in [2.05, 4.69) is 5.32 Å². The van der Waals surface area contributed by atoms with Crippen LogP contribution in [0.4, 0.5) is 0 Å². The smallest absolute Gasteiger partial charge is 0.251 e. The van der Waals surface area contributed by atoms with Crippen molar-refractivity contribution < 1.29 is 14.7 Å². The van der Waals surface area contributed by atoms with Crippen molar-refractivity contribution in [2.45, 2.75) is 19.8 Å². The van der Waals surface area contributed by atoms with Gasteiger partial charge in [0, 0.05) is 23.1 Å². The van der Waals surface area contributed by atoms with Crippen molar-refractivity contribution in [1.29, 1.82) is 0 Å². The molecule has 0 radical (unpaired) electrons. The summed E-state index contributed by atoms with van der Waals surface area (Å²) in [7, 11) is 0. The van der Waals surface area contributed by atoms with Gasteiger partial charge in [0.15, 0.2) is 5.78 Å². The summed E-state index contributed by atoms with van der Waals surface area (Å²) in [5, 5.41) is 12.0. The first-order valence-electron chi connectivity index (χ1n) is 6.06. The van der Waals surface area contributed by atoms with E-state index in [1.54, 1.807) is 24.3 Å². The number of carbonyl (C=O) groups is 2. The van der Waals surface area contributed by atoms with E-state index in [1.165, 1.54) is 6.92 Å². The lowest BCUT2D eigenvalue weighted by Gasteiger charge is -2.12.